The normalized spacial score (nSPS) is 24.1. The molecule has 3 atom stereocenters. The average Bonchev–Trinajstić information content (AvgIpc) is 3.22. The summed E-state index contributed by atoms with van der Waals surface area (Å²) in [6.07, 6.45) is 1.85. The van der Waals surface area contributed by atoms with E-state index in [1.807, 2.05) is 0 Å². The fourth-order valence-corrected chi connectivity index (χ4v) is 6.49. The van der Waals surface area contributed by atoms with Crippen LogP contribution in [0.3, 0.4) is 0 Å². The van der Waals surface area contributed by atoms with Crippen molar-refractivity contribution in [2.45, 2.75) is 34.8 Å². The van der Waals surface area contributed by atoms with E-state index in [4.69, 9.17) is 9.47 Å². The Bertz CT molecular complexity index is 1210. The maximum absolute atomic E-state index is 13.2. The molecule has 0 saturated carbocycles. The summed E-state index contributed by atoms with van der Waals surface area (Å²) < 4.78 is 61.8. The third-order valence-electron chi connectivity index (χ3n) is 5.78. The van der Waals surface area contributed by atoms with Crippen molar-refractivity contribution < 1.29 is 36.2 Å². The largest absolute Gasteiger partial charge is 0.480 e. The van der Waals surface area contributed by atoms with Gasteiger partial charge >= 0.3 is 5.97 Å². The molecule has 2 fully saturated rings. The maximum Gasteiger partial charge on any atom is 0.322 e. The summed E-state index contributed by atoms with van der Waals surface area (Å²) in [6, 6.07) is 10.4. The van der Waals surface area contributed by atoms with Gasteiger partial charge in [-0.3, -0.25) is 4.79 Å². The third kappa shape index (κ3) is 4.38. The summed E-state index contributed by atoms with van der Waals surface area (Å²) in [5, 5.41) is 9.72. The summed E-state index contributed by atoms with van der Waals surface area (Å²) in [7, 11) is -7.35. The number of nitrogens with zero attached hydrogens (tertiary/aromatic N) is 1. The van der Waals surface area contributed by atoms with Crippen molar-refractivity contribution in [1.29, 1.82) is 0 Å². The maximum atomic E-state index is 13.2. The quantitative estimate of drug-likeness (QED) is 0.665. The minimum absolute atomic E-state index is 0.0270. The summed E-state index contributed by atoms with van der Waals surface area (Å²) in [5.74, 6) is -0.796. The van der Waals surface area contributed by atoms with Crippen molar-refractivity contribution in [3.63, 3.8) is 0 Å². The van der Waals surface area contributed by atoms with Crippen LogP contribution >= 0.6 is 0 Å². The molecule has 2 aliphatic heterocycles. The number of carbonyl (C=O) groups is 1. The number of rotatable bonds is 6. The SMILES string of the molecule is CS(=O)(=O)c1ccc(Oc2ccc(S(=O)(=O)N3CCC4OCCC4C3C(=O)O)cc2)cc1. The Hall–Kier alpha value is -2.47. The molecule has 4 rings (SSSR count). The predicted molar refractivity (Wildman–Crippen MR) is 114 cm³/mol. The highest BCUT2D eigenvalue weighted by atomic mass is 32.2. The minimum Gasteiger partial charge on any atom is -0.480 e. The Kier molecular flexibility index (Phi) is 6.01. The van der Waals surface area contributed by atoms with E-state index in [0.717, 1.165) is 10.6 Å². The van der Waals surface area contributed by atoms with Crippen LogP contribution in [0.25, 0.3) is 0 Å². The number of aliphatic carboxylic acids is 1. The molecule has 2 saturated heterocycles. The smallest absolute Gasteiger partial charge is 0.322 e. The first kappa shape index (κ1) is 22.7. The van der Waals surface area contributed by atoms with E-state index in [0.29, 0.717) is 30.9 Å². The molecular formula is C21H23NO8S2. The lowest BCUT2D eigenvalue weighted by Crippen LogP contribution is -2.55. The second kappa shape index (κ2) is 8.47. The zero-order valence-electron chi connectivity index (χ0n) is 17.2. The van der Waals surface area contributed by atoms with Gasteiger partial charge in [-0.2, -0.15) is 4.31 Å². The fourth-order valence-electron chi connectivity index (χ4n) is 4.21. The van der Waals surface area contributed by atoms with E-state index in [2.05, 4.69) is 0 Å². The van der Waals surface area contributed by atoms with Gasteiger partial charge in [-0.05, 0) is 61.4 Å². The zero-order valence-corrected chi connectivity index (χ0v) is 18.9. The van der Waals surface area contributed by atoms with Gasteiger partial charge in [-0.1, -0.05) is 0 Å². The van der Waals surface area contributed by atoms with Crippen LogP contribution in [0.1, 0.15) is 12.8 Å². The lowest BCUT2D eigenvalue weighted by molar-refractivity contribution is -0.146. The molecular weight excluding hydrogens is 458 g/mol. The number of piperidine rings is 1. The van der Waals surface area contributed by atoms with Gasteiger partial charge in [0.2, 0.25) is 10.0 Å². The van der Waals surface area contributed by atoms with E-state index in [1.165, 1.54) is 48.5 Å². The number of carboxylic acid groups (broad SMARTS) is 1. The summed E-state index contributed by atoms with van der Waals surface area (Å²) >= 11 is 0. The van der Waals surface area contributed by atoms with E-state index in [9.17, 15) is 26.7 Å². The number of fused-ring (bicyclic) bond motifs is 1. The van der Waals surface area contributed by atoms with Crippen molar-refractivity contribution in [1.82, 2.24) is 4.31 Å². The van der Waals surface area contributed by atoms with E-state index in [1.54, 1.807) is 0 Å². The van der Waals surface area contributed by atoms with Gasteiger partial charge in [0.25, 0.3) is 0 Å². The van der Waals surface area contributed by atoms with E-state index in [-0.39, 0.29) is 28.4 Å². The topological polar surface area (TPSA) is 127 Å². The van der Waals surface area contributed by atoms with Crippen molar-refractivity contribution in [3.05, 3.63) is 48.5 Å². The van der Waals surface area contributed by atoms with Gasteiger partial charge < -0.3 is 14.6 Å². The second-order valence-electron chi connectivity index (χ2n) is 7.87. The molecule has 9 nitrogen and oxygen atoms in total. The molecule has 32 heavy (non-hydrogen) atoms. The van der Waals surface area contributed by atoms with Crippen LogP contribution in [-0.4, -0.2) is 63.8 Å². The van der Waals surface area contributed by atoms with Crippen molar-refractivity contribution >= 4 is 25.8 Å². The van der Waals surface area contributed by atoms with Crippen molar-refractivity contribution in [2.24, 2.45) is 5.92 Å². The highest BCUT2D eigenvalue weighted by Crippen LogP contribution is 2.37. The zero-order chi connectivity index (χ0) is 23.1. The highest BCUT2D eigenvalue weighted by molar-refractivity contribution is 7.90. The van der Waals surface area contributed by atoms with E-state index >= 15 is 0 Å². The van der Waals surface area contributed by atoms with Gasteiger partial charge in [0.05, 0.1) is 15.9 Å². The predicted octanol–water partition coefficient (Wildman–Crippen LogP) is 2.14. The van der Waals surface area contributed by atoms with Crippen molar-refractivity contribution in [2.75, 3.05) is 19.4 Å². The van der Waals surface area contributed by atoms with E-state index < -0.39 is 31.9 Å². The number of benzene rings is 2. The number of ether oxygens (including phenoxy) is 2. The molecule has 0 radical (unpaired) electrons. The van der Waals surface area contributed by atoms with Crippen LogP contribution in [0.5, 0.6) is 11.5 Å². The molecule has 0 amide bonds. The number of hydrogen-bond donors (Lipinski definition) is 1. The lowest BCUT2D eigenvalue weighted by atomic mass is 9.88. The van der Waals surface area contributed by atoms with Crippen LogP contribution in [0.15, 0.2) is 58.3 Å². The standard InChI is InChI=1S/C21H23NO8S2/c1-31(25,26)16-6-2-14(3-7-16)30-15-4-8-17(9-5-15)32(27,28)22-12-10-19-18(11-13-29-19)20(22)21(23)24/h2-9,18-20H,10-13H2,1H3,(H,23,24). The van der Waals surface area contributed by atoms with Crippen LogP contribution < -0.4 is 4.74 Å². The van der Waals surface area contributed by atoms with Crippen LogP contribution in [0, 0.1) is 5.92 Å². The Labute approximate surface area is 186 Å². The first-order valence-electron chi connectivity index (χ1n) is 10.0. The molecule has 1 N–H and O–H groups in total. The average molecular weight is 482 g/mol. The lowest BCUT2D eigenvalue weighted by Gasteiger charge is -2.38. The first-order chi connectivity index (χ1) is 15.1. The number of sulfonamides is 1. The van der Waals surface area contributed by atoms with Gasteiger partial charge in [0.15, 0.2) is 9.84 Å². The molecule has 2 heterocycles. The van der Waals surface area contributed by atoms with Gasteiger partial charge in [-0.25, -0.2) is 16.8 Å². The van der Waals surface area contributed by atoms with Gasteiger partial charge in [0, 0.05) is 25.3 Å². The monoisotopic (exact) mass is 481 g/mol. The van der Waals surface area contributed by atoms with Crippen LogP contribution in [-0.2, 0) is 29.4 Å². The summed E-state index contributed by atoms with van der Waals surface area (Å²) in [5.41, 5.74) is 0. The highest BCUT2D eigenvalue weighted by Gasteiger charge is 2.49. The molecule has 11 heteroatoms. The fraction of sp³-hybridized carbons (Fsp3) is 0.381. The Balaban J connectivity index is 1.53. The first-order valence-corrected chi connectivity index (χ1v) is 13.3. The summed E-state index contributed by atoms with van der Waals surface area (Å²) in [6.45, 7) is 0.510. The van der Waals surface area contributed by atoms with Crippen LogP contribution in [0.4, 0.5) is 0 Å². The number of carboxylic acids is 1. The third-order valence-corrected chi connectivity index (χ3v) is 8.80. The molecule has 2 aromatic carbocycles. The Morgan fingerprint density at radius 2 is 1.53 bits per heavy atom. The molecule has 2 aliphatic rings. The van der Waals surface area contributed by atoms with Crippen molar-refractivity contribution in [3.8, 4) is 11.5 Å². The molecule has 0 bridgehead atoms. The number of sulfone groups is 1. The Morgan fingerprint density at radius 3 is 2.06 bits per heavy atom. The van der Waals surface area contributed by atoms with Gasteiger partial charge in [-0.15, -0.1) is 0 Å². The molecule has 0 spiro atoms. The second-order valence-corrected chi connectivity index (χ2v) is 11.8. The molecule has 3 unspecified atom stereocenters. The summed E-state index contributed by atoms with van der Waals surface area (Å²) in [4.78, 5) is 12.0. The number of hydrogen-bond acceptors (Lipinski definition) is 7. The molecule has 0 aliphatic carbocycles. The van der Waals surface area contributed by atoms with Crippen LogP contribution in [0.2, 0.25) is 0 Å². The Morgan fingerprint density at radius 1 is 0.969 bits per heavy atom. The molecule has 2 aromatic rings. The molecule has 0 aromatic heterocycles. The van der Waals surface area contributed by atoms with Gasteiger partial charge in [0.1, 0.15) is 17.5 Å². The minimum atomic E-state index is -4.03. The molecule has 172 valence electrons.